The summed E-state index contributed by atoms with van der Waals surface area (Å²) in [5.41, 5.74) is 3.25. The standard InChI is InChI=1S/C21H21ClN4O5/c1-30-18-10-13(11-23-26-21(29)20(28)24-14-7-8-14)6-9-17(18)31-12-19(27)25-16-5-3-2-4-15(16)22/h2-6,9-11,14H,7-8,12H2,1H3,(H,24,28)(H,25,27)(H,26,29)/b23-11-. The number of nitrogens with one attached hydrogen (secondary N) is 3. The van der Waals surface area contributed by atoms with Crippen molar-refractivity contribution in [2.45, 2.75) is 18.9 Å². The Hall–Kier alpha value is -3.59. The molecule has 0 radical (unpaired) electrons. The molecule has 9 nitrogen and oxygen atoms in total. The highest BCUT2D eigenvalue weighted by molar-refractivity contribution is 6.35. The zero-order valence-corrected chi connectivity index (χ0v) is 17.4. The normalized spacial score (nSPS) is 12.8. The number of hydrogen-bond donors (Lipinski definition) is 3. The Balaban J connectivity index is 1.52. The van der Waals surface area contributed by atoms with Crippen molar-refractivity contribution < 1.29 is 23.9 Å². The lowest BCUT2D eigenvalue weighted by molar-refractivity contribution is -0.139. The van der Waals surface area contributed by atoms with Crippen molar-refractivity contribution in [2.24, 2.45) is 5.10 Å². The van der Waals surface area contributed by atoms with Crippen LogP contribution in [0.5, 0.6) is 11.5 Å². The van der Waals surface area contributed by atoms with Gasteiger partial charge in [0.1, 0.15) is 0 Å². The van der Waals surface area contributed by atoms with Crippen LogP contribution in [0, 0.1) is 0 Å². The number of halogens is 1. The zero-order chi connectivity index (χ0) is 22.2. The number of hydrazone groups is 1. The van der Waals surface area contributed by atoms with E-state index in [0.717, 1.165) is 12.8 Å². The third kappa shape index (κ3) is 6.71. The molecule has 31 heavy (non-hydrogen) atoms. The first-order valence-corrected chi connectivity index (χ1v) is 9.83. The number of hydrogen-bond acceptors (Lipinski definition) is 6. The maximum Gasteiger partial charge on any atom is 0.329 e. The predicted molar refractivity (Wildman–Crippen MR) is 115 cm³/mol. The molecule has 3 amide bonds. The van der Waals surface area contributed by atoms with E-state index in [1.165, 1.54) is 13.3 Å². The summed E-state index contributed by atoms with van der Waals surface area (Å²) in [6, 6.07) is 11.8. The third-order valence-electron chi connectivity index (χ3n) is 4.19. The first kappa shape index (κ1) is 22.1. The van der Waals surface area contributed by atoms with Crippen LogP contribution in [0.25, 0.3) is 0 Å². The highest BCUT2D eigenvalue weighted by atomic mass is 35.5. The maximum absolute atomic E-state index is 12.1. The molecule has 3 N–H and O–H groups in total. The number of benzene rings is 2. The highest BCUT2D eigenvalue weighted by Gasteiger charge is 2.26. The molecule has 0 heterocycles. The van der Waals surface area contributed by atoms with Crippen molar-refractivity contribution in [2.75, 3.05) is 19.0 Å². The molecular weight excluding hydrogens is 424 g/mol. The minimum atomic E-state index is -0.834. The smallest absolute Gasteiger partial charge is 0.329 e. The number of ether oxygens (including phenoxy) is 2. The summed E-state index contributed by atoms with van der Waals surface area (Å²) in [6.07, 6.45) is 3.13. The fourth-order valence-electron chi connectivity index (χ4n) is 2.47. The Morgan fingerprint density at radius 3 is 2.61 bits per heavy atom. The molecule has 1 fully saturated rings. The van der Waals surface area contributed by atoms with E-state index >= 15 is 0 Å². The van der Waals surface area contributed by atoms with Crippen LogP contribution in [-0.4, -0.2) is 43.7 Å². The van der Waals surface area contributed by atoms with Gasteiger partial charge in [-0.2, -0.15) is 5.10 Å². The number of anilines is 1. The lowest BCUT2D eigenvalue weighted by Gasteiger charge is -2.12. The molecule has 162 valence electrons. The quantitative estimate of drug-likeness (QED) is 0.327. The van der Waals surface area contributed by atoms with Gasteiger partial charge in [-0.1, -0.05) is 23.7 Å². The van der Waals surface area contributed by atoms with Crippen LogP contribution in [0.15, 0.2) is 47.6 Å². The second-order valence-electron chi connectivity index (χ2n) is 6.67. The van der Waals surface area contributed by atoms with Crippen molar-refractivity contribution in [1.29, 1.82) is 0 Å². The molecule has 0 saturated heterocycles. The van der Waals surface area contributed by atoms with E-state index < -0.39 is 11.8 Å². The van der Waals surface area contributed by atoms with Crippen LogP contribution >= 0.6 is 11.6 Å². The minimum absolute atomic E-state index is 0.0887. The third-order valence-corrected chi connectivity index (χ3v) is 4.52. The average molecular weight is 445 g/mol. The molecule has 3 rings (SSSR count). The van der Waals surface area contributed by atoms with Crippen LogP contribution in [0.2, 0.25) is 5.02 Å². The predicted octanol–water partition coefficient (Wildman–Crippen LogP) is 2.09. The van der Waals surface area contributed by atoms with E-state index in [1.807, 2.05) is 0 Å². The van der Waals surface area contributed by atoms with Crippen LogP contribution in [-0.2, 0) is 14.4 Å². The van der Waals surface area contributed by atoms with Crippen LogP contribution < -0.4 is 25.5 Å². The van der Waals surface area contributed by atoms with E-state index in [9.17, 15) is 14.4 Å². The Morgan fingerprint density at radius 1 is 1.13 bits per heavy atom. The molecule has 10 heteroatoms. The molecule has 0 atom stereocenters. The lowest BCUT2D eigenvalue weighted by atomic mass is 10.2. The van der Waals surface area contributed by atoms with E-state index in [-0.39, 0.29) is 18.6 Å². The van der Waals surface area contributed by atoms with Gasteiger partial charge in [-0.25, -0.2) is 5.43 Å². The average Bonchev–Trinajstić information content (AvgIpc) is 3.58. The Kier molecular flexibility index (Phi) is 7.45. The van der Waals surface area contributed by atoms with Gasteiger partial charge in [-0.3, -0.25) is 14.4 Å². The lowest BCUT2D eigenvalue weighted by Crippen LogP contribution is -2.38. The summed E-state index contributed by atoms with van der Waals surface area (Å²) in [5.74, 6) is -1.21. The summed E-state index contributed by atoms with van der Waals surface area (Å²) in [4.78, 5) is 35.3. The van der Waals surface area contributed by atoms with Crippen molar-refractivity contribution in [3.05, 3.63) is 53.1 Å². The topological polar surface area (TPSA) is 118 Å². The number of carbonyl (C=O) groups excluding carboxylic acids is 3. The van der Waals surface area contributed by atoms with Gasteiger partial charge in [0.15, 0.2) is 18.1 Å². The second kappa shape index (κ2) is 10.4. The molecule has 2 aromatic rings. The highest BCUT2D eigenvalue weighted by Crippen LogP contribution is 2.28. The monoisotopic (exact) mass is 444 g/mol. The number of para-hydroxylation sites is 1. The summed E-state index contributed by atoms with van der Waals surface area (Å²) in [7, 11) is 1.46. The van der Waals surface area contributed by atoms with Crippen LogP contribution in [0.4, 0.5) is 5.69 Å². The molecular formula is C21H21ClN4O5. The molecule has 1 aliphatic rings. The van der Waals surface area contributed by atoms with Crippen molar-refractivity contribution in [1.82, 2.24) is 10.7 Å². The van der Waals surface area contributed by atoms with Crippen molar-refractivity contribution in [3.8, 4) is 11.5 Å². The van der Waals surface area contributed by atoms with E-state index in [0.29, 0.717) is 27.8 Å². The van der Waals surface area contributed by atoms with Gasteiger partial charge in [-0.15, -0.1) is 0 Å². The fraction of sp³-hybridized carbons (Fsp3) is 0.238. The summed E-state index contributed by atoms with van der Waals surface area (Å²) in [6.45, 7) is -0.249. The molecule has 0 unspecified atom stereocenters. The molecule has 1 aliphatic carbocycles. The van der Waals surface area contributed by atoms with E-state index in [2.05, 4.69) is 21.2 Å². The molecule has 0 bridgehead atoms. The molecule has 2 aromatic carbocycles. The van der Waals surface area contributed by atoms with E-state index in [4.69, 9.17) is 21.1 Å². The van der Waals surface area contributed by atoms with Gasteiger partial charge in [0.25, 0.3) is 5.91 Å². The molecule has 0 aliphatic heterocycles. The van der Waals surface area contributed by atoms with Crippen LogP contribution in [0.1, 0.15) is 18.4 Å². The first-order valence-electron chi connectivity index (χ1n) is 9.45. The molecule has 0 spiro atoms. The van der Waals surface area contributed by atoms with Gasteiger partial charge in [0, 0.05) is 6.04 Å². The second-order valence-corrected chi connectivity index (χ2v) is 7.08. The number of rotatable bonds is 8. The summed E-state index contributed by atoms with van der Waals surface area (Å²) < 4.78 is 10.8. The van der Waals surface area contributed by atoms with E-state index in [1.54, 1.807) is 42.5 Å². The summed E-state index contributed by atoms with van der Waals surface area (Å²) in [5, 5.41) is 9.42. The first-order chi connectivity index (χ1) is 15.0. The summed E-state index contributed by atoms with van der Waals surface area (Å²) >= 11 is 6.02. The largest absolute Gasteiger partial charge is 0.493 e. The van der Waals surface area contributed by atoms with Gasteiger partial charge >= 0.3 is 11.8 Å². The van der Waals surface area contributed by atoms with Gasteiger partial charge < -0.3 is 20.1 Å². The Labute approximate surface area is 183 Å². The van der Waals surface area contributed by atoms with Crippen LogP contribution in [0.3, 0.4) is 0 Å². The Morgan fingerprint density at radius 2 is 1.90 bits per heavy atom. The molecule has 0 aromatic heterocycles. The fourth-order valence-corrected chi connectivity index (χ4v) is 2.65. The number of nitrogens with zero attached hydrogens (tertiary/aromatic N) is 1. The van der Waals surface area contributed by atoms with Crippen molar-refractivity contribution in [3.63, 3.8) is 0 Å². The van der Waals surface area contributed by atoms with Gasteiger partial charge in [-0.05, 0) is 48.7 Å². The number of carbonyl (C=O) groups is 3. The minimum Gasteiger partial charge on any atom is -0.493 e. The zero-order valence-electron chi connectivity index (χ0n) is 16.7. The number of methoxy groups -OCH3 is 1. The van der Waals surface area contributed by atoms with Gasteiger partial charge in [0.05, 0.1) is 24.0 Å². The number of amides is 3. The molecule has 1 saturated carbocycles. The maximum atomic E-state index is 12.1. The van der Waals surface area contributed by atoms with Gasteiger partial charge in [0.2, 0.25) is 0 Å². The van der Waals surface area contributed by atoms with Crippen molar-refractivity contribution >= 4 is 41.2 Å². The Bertz CT molecular complexity index is 1010. The SMILES string of the molecule is COc1cc(/C=N\NC(=O)C(=O)NC2CC2)ccc1OCC(=O)Nc1ccccc1Cl.